The molecular weight excluding hydrogens is 210 g/mol. The van der Waals surface area contributed by atoms with Gasteiger partial charge in [0.15, 0.2) is 6.40 Å². The number of methoxy groups -OCH3 is 1. The summed E-state index contributed by atoms with van der Waals surface area (Å²) in [4.78, 5) is 4.10. The zero-order valence-electron chi connectivity index (χ0n) is 9.14. The van der Waals surface area contributed by atoms with Crippen molar-refractivity contribution in [2.45, 2.75) is 0 Å². The molecule has 0 aromatic heterocycles. The standard InChI is InChI=1S/C10H15NO3Si/c1-12-8-11-9-5-4-6-10(7-9)15(13-2)14-3/h4-8,15H,1-3H3. The third-order valence-electron chi connectivity index (χ3n) is 1.88. The largest absolute Gasteiger partial charge is 0.486 e. The first-order valence-electron chi connectivity index (χ1n) is 4.52. The van der Waals surface area contributed by atoms with E-state index in [2.05, 4.69) is 4.99 Å². The van der Waals surface area contributed by atoms with Crippen LogP contribution in [0.4, 0.5) is 5.69 Å². The maximum absolute atomic E-state index is 5.28. The lowest BCUT2D eigenvalue weighted by molar-refractivity contribution is 0.292. The van der Waals surface area contributed by atoms with E-state index in [0.717, 1.165) is 10.9 Å². The van der Waals surface area contributed by atoms with E-state index in [4.69, 9.17) is 13.6 Å². The van der Waals surface area contributed by atoms with Crippen LogP contribution in [-0.4, -0.2) is 37.0 Å². The molecule has 0 fully saturated rings. The Labute approximate surface area is 91.4 Å². The molecule has 0 saturated carbocycles. The highest BCUT2D eigenvalue weighted by atomic mass is 28.3. The molecule has 1 aromatic rings. The maximum Gasteiger partial charge on any atom is 0.355 e. The highest BCUT2D eigenvalue weighted by Crippen LogP contribution is 2.08. The van der Waals surface area contributed by atoms with E-state index in [1.807, 2.05) is 24.3 Å². The number of nitrogens with zero attached hydrogens (tertiary/aromatic N) is 1. The van der Waals surface area contributed by atoms with E-state index in [9.17, 15) is 0 Å². The SMILES string of the molecule is COC=Nc1cccc([SiH](OC)OC)c1. The van der Waals surface area contributed by atoms with Gasteiger partial charge in [-0.15, -0.1) is 0 Å². The molecular formula is C10H15NO3Si. The van der Waals surface area contributed by atoms with Crippen molar-refractivity contribution in [3.05, 3.63) is 24.3 Å². The number of rotatable bonds is 5. The van der Waals surface area contributed by atoms with Gasteiger partial charge in [0.1, 0.15) is 0 Å². The monoisotopic (exact) mass is 225 g/mol. The summed E-state index contributed by atoms with van der Waals surface area (Å²) in [6.07, 6.45) is 1.40. The van der Waals surface area contributed by atoms with Gasteiger partial charge >= 0.3 is 9.28 Å². The second-order valence-electron chi connectivity index (χ2n) is 2.87. The van der Waals surface area contributed by atoms with Crippen molar-refractivity contribution in [1.29, 1.82) is 0 Å². The first-order valence-corrected chi connectivity index (χ1v) is 6.04. The minimum absolute atomic E-state index is 0.834. The fraction of sp³-hybridized carbons (Fsp3) is 0.300. The molecule has 0 heterocycles. The maximum atomic E-state index is 5.28. The van der Waals surface area contributed by atoms with E-state index in [1.165, 1.54) is 6.40 Å². The molecule has 0 spiro atoms. The Hall–Kier alpha value is -1.17. The molecule has 0 aliphatic carbocycles. The van der Waals surface area contributed by atoms with Crippen LogP contribution in [0.2, 0.25) is 0 Å². The summed E-state index contributed by atoms with van der Waals surface area (Å²) in [5.74, 6) is 0. The van der Waals surface area contributed by atoms with Crippen molar-refractivity contribution in [1.82, 2.24) is 0 Å². The van der Waals surface area contributed by atoms with Crippen LogP contribution in [0.3, 0.4) is 0 Å². The number of hydrogen-bond acceptors (Lipinski definition) is 4. The predicted octanol–water partition coefficient (Wildman–Crippen LogP) is 0.713. The zero-order valence-corrected chi connectivity index (χ0v) is 10.3. The van der Waals surface area contributed by atoms with Crippen molar-refractivity contribution >= 4 is 26.6 Å². The third-order valence-corrected chi connectivity index (χ3v) is 3.64. The summed E-state index contributed by atoms with van der Waals surface area (Å²) in [6, 6.07) is 7.75. The topological polar surface area (TPSA) is 40.0 Å². The molecule has 0 N–H and O–H groups in total. The Morgan fingerprint density at radius 1 is 1.20 bits per heavy atom. The van der Waals surface area contributed by atoms with E-state index >= 15 is 0 Å². The summed E-state index contributed by atoms with van der Waals surface area (Å²) < 4.78 is 15.3. The fourth-order valence-electron chi connectivity index (χ4n) is 1.23. The lowest BCUT2D eigenvalue weighted by Crippen LogP contribution is -2.34. The number of hydrogen-bond donors (Lipinski definition) is 0. The Bertz CT molecular complexity index is 326. The summed E-state index contributed by atoms with van der Waals surface area (Å²) in [5, 5.41) is 1.06. The van der Waals surface area contributed by atoms with Crippen LogP contribution in [-0.2, 0) is 13.6 Å². The van der Waals surface area contributed by atoms with Gasteiger partial charge in [0, 0.05) is 14.2 Å². The van der Waals surface area contributed by atoms with Crippen molar-refractivity contribution in [2.24, 2.45) is 4.99 Å². The molecule has 0 unspecified atom stereocenters. The van der Waals surface area contributed by atoms with Crippen LogP contribution in [0.5, 0.6) is 0 Å². The summed E-state index contributed by atoms with van der Waals surface area (Å²) in [7, 11) is 3.15. The Morgan fingerprint density at radius 3 is 2.53 bits per heavy atom. The molecule has 4 nitrogen and oxygen atoms in total. The molecule has 0 atom stereocenters. The Morgan fingerprint density at radius 2 is 1.93 bits per heavy atom. The quantitative estimate of drug-likeness (QED) is 0.421. The predicted molar refractivity (Wildman–Crippen MR) is 62.4 cm³/mol. The first-order chi connectivity index (χ1) is 7.31. The van der Waals surface area contributed by atoms with Crippen molar-refractivity contribution in [3.8, 4) is 0 Å². The first kappa shape index (κ1) is 11.9. The molecule has 0 aliphatic heterocycles. The van der Waals surface area contributed by atoms with Crippen molar-refractivity contribution in [2.75, 3.05) is 21.3 Å². The van der Waals surface area contributed by atoms with Gasteiger partial charge in [-0.05, 0) is 17.3 Å². The molecule has 5 heteroatoms. The number of aliphatic imine (C=N–C) groups is 1. The molecule has 0 bridgehead atoms. The van der Waals surface area contributed by atoms with Crippen molar-refractivity contribution in [3.63, 3.8) is 0 Å². The smallest absolute Gasteiger partial charge is 0.355 e. The fourth-order valence-corrected chi connectivity index (χ4v) is 2.55. The van der Waals surface area contributed by atoms with Gasteiger partial charge in [-0.3, -0.25) is 0 Å². The third kappa shape index (κ3) is 3.47. The summed E-state index contributed by atoms with van der Waals surface area (Å²) >= 11 is 0. The van der Waals surface area contributed by atoms with Crippen LogP contribution in [0.15, 0.2) is 29.3 Å². The molecule has 0 aliphatic rings. The van der Waals surface area contributed by atoms with Crippen molar-refractivity contribution < 1.29 is 13.6 Å². The highest BCUT2D eigenvalue weighted by Gasteiger charge is 2.12. The van der Waals surface area contributed by atoms with Crippen LogP contribution >= 0.6 is 0 Å². The molecule has 0 radical (unpaired) electrons. The van der Waals surface area contributed by atoms with E-state index < -0.39 is 9.28 Å². The lowest BCUT2D eigenvalue weighted by Gasteiger charge is -2.10. The summed E-state index contributed by atoms with van der Waals surface area (Å²) in [6.45, 7) is 0. The molecule has 0 amide bonds. The van der Waals surface area contributed by atoms with Crippen LogP contribution in [0, 0.1) is 0 Å². The molecule has 0 saturated heterocycles. The van der Waals surface area contributed by atoms with E-state index in [1.54, 1.807) is 21.3 Å². The van der Waals surface area contributed by atoms with Crippen LogP contribution in [0.1, 0.15) is 0 Å². The van der Waals surface area contributed by atoms with E-state index in [0.29, 0.717) is 0 Å². The molecule has 82 valence electrons. The minimum atomic E-state index is -1.73. The van der Waals surface area contributed by atoms with Gasteiger partial charge in [-0.25, -0.2) is 4.99 Å². The highest BCUT2D eigenvalue weighted by molar-refractivity contribution is 6.61. The average molecular weight is 225 g/mol. The van der Waals surface area contributed by atoms with Gasteiger partial charge in [-0.1, -0.05) is 12.1 Å². The second kappa shape index (κ2) is 6.34. The molecule has 1 rings (SSSR count). The normalized spacial score (nSPS) is 11.2. The molecule has 15 heavy (non-hydrogen) atoms. The van der Waals surface area contributed by atoms with Gasteiger partial charge in [0.2, 0.25) is 0 Å². The Balaban J connectivity index is 2.86. The van der Waals surface area contributed by atoms with E-state index in [-0.39, 0.29) is 0 Å². The van der Waals surface area contributed by atoms with Gasteiger partial charge in [0.25, 0.3) is 0 Å². The van der Waals surface area contributed by atoms with Crippen LogP contribution in [0.25, 0.3) is 0 Å². The summed E-state index contributed by atoms with van der Waals surface area (Å²) in [5.41, 5.74) is 0.834. The van der Waals surface area contributed by atoms with Gasteiger partial charge < -0.3 is 13.6 Å². The number of ether oxygens (including phenoxy) is 1. The Kier molecular flexibility index (Phi) is 5.03. The zero-order chi connectivity index (χ0) is 11.1. The average Bonchev–Trinajstić information content (AvgIpc) is 2.29. The second-order valence-corrected chi connectivity index (χ2v) is 5.14. The molecule has 1 aromatic carbocycles. The minimum Gasteiger partial charge on any atom is -0.486 e. The van der Waals surface area contributed by atoms with Gasteiger partial charge in [0.05, 0.1) is 12.8 Å². The van der Waals surface area contributed by atoms with Gasteiger partial charge in [-0.2, -0.15) is 0 Å². The lowest BCUT2D eigenvalue weighted by atomic mass is 10.3. The number of benzene rings is 1. The van der Waals surface area contributed by atoms with Crippen LogP contribution < -0.4 is 5.19 Å².